The Balaban J connectivity index is 1.13. The Kier molecular flexibility index (Phi) is 10.2. The molecule has 15 rings (SSSR count). The Hall–Kier alpha value is -5.78. The third-order valence-electron chi connectivity index (χ3n) is 23.0. The van der Waals surface area contributed by atoms with E-state index in [4.69, 9.17) is 0 Å². The maximum atomic E-state index is 2.87. The van der Waals surface area contributed by atoms with Crippen molar-refractivity contribution in [2.75, 3.05) is 14.7 Å². The van der Waals surface area contributed by atoms with Crippen LogP contribution in [0.5, 0.6) is 0 Å². The van der Waals surface area contributed by atoms with Crippen molar-refractivity contribution >= 4 is 100 Å². The highest BCUT2D eigenvalue weighted by molar-refractivity contribution is 7.26. The molecule has 0 radical (unpaired) electrons. The van der Waals surface area contributed by atoms with Crippen LogP contribution < -0.4 is 31.1 Å². The molecule has 1 aromatic heterocycles. The summed E-state index contributed by atoms with van der Waals surface area (Å²) in [5.41, 5.74) is 25.7. The summed E-state index contributed by atoms with van der Waals surface area (Å²) in [7, 11) is 0. The normalized spacial score (nSPS) is 24.7. The summed E-state index contributed by atoms with van der Waals surface area (Å²) in [6, 6.07) is 50.0. The van der Waals surface area contributed by atoms with Crippen molar-refractivity contribution < 1.29 is 0 Å². The van der Waals surface area contributed by atoms with E-state index in [1.165, 1.54) is 179 Å². The van der Waals surface area contributed by atoms with Gasteiger partial charge in [0.2, 0.25) is 0 Å². The maximum absolute atomic E-state index is 2.87. The van der Waals surface area contributed by atoms with E-state index in [0.29, 0.717) is 0 Å². The largest absolute Gasteiger partial charge is 0.334 e. The van der Waals surface area contributed by atoms with Gasteiger partial charge in [0.25, 0.3) is 6.71 Å². The molecule has 0 amide bonds. The third-order valence-corrected chi connectivity index (χ3v) is 24.2. The van der Waals surface area contributed by atoms with Crippen LogP contribution in [0.4, 0.5) is 45.5 Å². The first-order chi connectivity index (χ1) is 37.4. The van der Waals surface area contributed by atoms with Crippen LogP contribution in [0.2, 0.25) is 0 Å². The second-order valence-electron chi connectivity index (χ2n) is 30.4. The summed E-state index contributed by atoms with van der Waals surface area (Å²) < 4.78 is 2.70. The predicted octanol–water partition coefficient (Wildman–Crippen LogP) is 18.9. The summed E-state index contributed by atoms with van der Waals surface area (Å²) in [5.74, 6) is 0. The van der Waals surface area contributed by atoms with Crippen molar-refractivity contribution in [3.8, 4) is 0 Å². The van der Waals surface area contributed by atoms with Gasteiger partial charge in [-0.3, -0.25) is 0 Å². The van der Waals surface area contributed by atoms with E-state index >= 15 is 0 Å². The number of fused-ring (bicyclic) bond motifs is 13. The molecule has 0 bridgehead atoms. The Bertz CT molecular complexity index is 3960. The fraction of sp³-hybridized carbons (Fsp3) is 0.432. The Morgan fingerprint density at radius 3 is 1.49 bits per heavy atom. The topological polar surface area (TPSA) is 9.72 Å². The number of nitrogens with zero attached hydrogens (tertiary/aromatic N) is 3. The van der Waals surface area contributed by atoms with Gasteiger partial charge in [-0.05, 0) is 201 Å². The summed E-state index contributed by atoms with van der Waals surface area (Å²) in [4.78, 5) is 8.48. The molecule has 7 aliphatic rings. The maximum Gasteiger partial charge on any atom is 0.252 e. The molecule has 0 saturated heterocycles. The lowest BCUT2D eigenvalue weighted by atomic mass is 9.32. The highest BCUT2D eigenvalue weighted by Gasteiger charge is 2.58. The Labute approximate surface area is 476 Å². The minimum atomic E-state index is -0.125. The van der Waals surface area contributed by atoms with Gasteiger partial charge in [-0.1, -0.05) is 170 Å². The molecule has 4 aliphatic carbocycles. The SMILES string of the molecule is CC1(C)CCC(C)(C)c2cc(N3c4cc5c(cc4B4c6cc7c(cc6N(c6cccc8c6sc6ccccc68)c6cc(N8c9ccccc9C9(C)CCCCC89C)cc3c64)C(C)(C)CCC7(C)C)C(C)(C)CCC5(C)C)ccc21. The summed E-state index contributed by atoms with van der Waals surface area (Å²) >= 11 is 1.97. The molecule has 7 aromatic carbocycles. The molecule has 0 spiro atoms. The van der Waals surface area contributed by atoms with Crippen LogP contribution in [0.25, 0.3) is 20.2 Å². The molecule has 402 valence electrons. The van der Waals surface area contributed by atoms with Crippen molar-refractivity contribution in [3.63, 3.8) is 0 Å². The van der Waals surface area contributed by atoms with E-state index in [0.717, 1.165) is 6.42 Å². The van der Waals surface area contributed by atoms with E-state index < -0.39 is 0 Å². The van der Waals surface area contributed by atoms with Gasteiger partial charge in [0.1, 0.15) is 0 Å². The van der Waals surface area contributed by atoms with Crippen LogP contribution >= 0.6 is 11.3 Å². The average molecular weight is 1060 g/mol. The van der Waals surface area contributed by atoms with E-state index in [-0.39, 0.29) is 50.2 Å². The molecule has 2 atom stereocenters. The van der Waals surface area contributed by atoms with Crippen molar-refractivity contribution in [2.24, 2.45) is 0 Å². The summed E-state index contributed by atoms with van der Waals surface area (Å²) in [5, 5.41) is 2.68. The molecular weight excluding hydrogens is 974 g/mol. The van der Waals surface area contributed by atoms with Crippen LogP contribution in [0.3, 0.4) is 0 Å². The zero-order valence-electron chi connectivity index (χ0n) is 49.9. The Morgan fingerprint density at radius 1 is 0.367 bits per heavy atom. The summed E-state index contributed by atoms with van der Waals surface area (Å²) in [6.45, 7) is 35.4. The highest BCUT2D eigenvalue weighted by atomic mass is 32.1. The van der Waals surface area contributed by atoms with Gasteiger partial charge in [-0.2, -0.15) is 0 Å². The molecule has 5 heteroatoms. The quantitative estimate of drug-likeness (QED) is 0.163. The first kappa shape index (κ1) is 50.2. The number of thiophene rings is 1. The standard InChI is InChI=1S/C74H82BN3S/c1-67(2)32-33-68(3,4)51-38-45(28-29-49(51)67)76-60-43-54-52(69(5,6)34-36-71(54,9)10)41-56(60)75-57-42-53-55(72(11,12)37-35-70(53,7)8)44-61(57)77(59-26-21-23-48-47-22-15-18-27-64(47)79-66(48)59)63-40-46(39-62(76)65(63)75)78-58-25-17-16-24-50(58)73(13)30-19-20-31-74(73,78)14/h15-18,21-29,38-44H,19-20,30-37H2,1-14H3. The molecule has 1 fully saturated rings. The summed E-state index contributed by atoms with van der Waals surface area (Å²) in [6.07, 6.45) is 11.9. The van der Waals surface area contributed by atoms with Crippen LogP contribution in [0.15, 0.2) is 121 Å². The van der Waals surface area contributed by atoms with Gasteiger partial charge in [0.15, 0.2) is 0 Å². The lowest BCUT2D eigenvalue weighted by Crippen LogP contribution is -2.62. The number of anilines is 8. The molecule has 3 nitrogen and oxygen atoms in total. The van der Waals surface area contributed by atoms with Crippen LogP contribution in [0, 0.1) is 0 Å². The molecule has 0 N–H and O–H groups in total. The molecule has 79 heavy (non-hydrogen) atoms. The first-order valence-corrected chi connectivity index (χ1v) is 31.3. The van der Waals surface area contributed by atoms with Crippen LogP contribution in [-0.4, -0.2) is 12.3 Å². The van der Waals surface area contributed by atoms with Gasteiger partial charge in [-0.15, -0.1) is 11.3 Å². The molecule has 4 heterocycles. The van der Waals surface area contributed by atoms with Crippen molar-refractivity contribution in [1.82, 2.24) is 0 Å². The van der Waals surface area contributed by atoms with Crippen LogP contribution in [-0.2, 0) is 37.9 Å². The highest BCUT2D eigenvalue weighted by Crippen LogP contribution is 2.63. The molecule has 1 saturated carbocycles. The van der Waals surface area contributed by atoms with Crippen LogP contribution in [0.1, 0.15) is 200 Å². The number of benzene rings is 7. The minimum absolute atomic E-state index is 0.00448. The second kappa shape index (κ2) is 16.0. The smallest absolute Gasteiger partial charge is 0.252 e. The lowest BCUT2D eigenvalue weighted by molar-refractivity contribution is 0.195. The van der Waals surface area contributed by atoms with Crippen molar-refractivity contribution in [1.29, 1.82) is 0 Å². The van der Waals surface area contributed by atoms with Gasteiger partial charge >= 0.3 is 0 Å². The van der Waals surface area contributed by atoms with Crippen molar-refractivity contribution in [2.45, 2.75) is 205 Å². The Morgan fingerprint density at radius 2 is 0.861 bits per heavy atom. The van der Waals surface area contributed by atoms with Gasteiger partial charge < -0.3 is 14.7 Å². The van der Waals surface area contributed by atoms with Gasteiger partial charge in [0.05, 0.1) is 15.9 Å². The number of para-hydroxylation sites is 1. The molecule has 8 aromatic rings. The monoisotopic (exact) mass is 1060 g/mol. The molecular formula is C74H82BN3S. The average Bonchev–Trinajstić information content (AvgIpc) is 4.16. The minimum Gasteiger partial charge on any atom is -0.334 e. The van der Waals surface area contributed by atoms with E-state index in [1.807, 2.05) is 11.3 Å². The fourth-order valence-corrected chi connectivity index (χ4v) is 18.7. The van der Waals surface area contributed by atoms with E-state index in [2.05, 4.69) is 233 Å². The molecule has 2 unspecified atom stereocenters. The number of rotatable bonds is 3. The number of hydrogen-bond acceptors (Lipinski definition) is 4. The van der Waals surface area contributed by atoms with Gasteiger partial charge in [0, 0.05) is 60.7 Å². The molecule has 3 aliphatic heterocycles. The lowest BCUT2D eigenvalue weighted by Gasteiger charge is -2.52. The predicted molar refractivity (Wildman–Crippen MR) is 342 cm³/mol. The number of hydrogen-bond donors (Lipinski definition) is 0. The van der Waals surface area contributed by atoms with E-state index in [1.54, 1.807) is 0 Å². The van der Waals surface area contributed by atoms with Gasteiger partial charge in [-0.25, -0.2) is 0 Å². The van der Waals surface area contributed by atoms with E-state index in [9.17, 15) is 0 Å². The third kappa shape index (κ3) is 6.72. The van der Waals surface area contributed by atoms with Crippen molar-refractivity contribution in [3.05, 3.63) is 160 Å². The first-order valence-electron chi connectivity index (χ1n) is 30.5. The fourth-order valence-electron chi connectivity index (χ4n) is 17.5. The zero-order valence-corrected chi connectivity index (χ0v) is 50.8. The second-order valence-corrected chi connectivity index (χ2v) is 31.4. The zero-order chi connectivity index (χ0) is 54.9.